The number of nitrogens with one attached hydrogen (secondary N) is 1. The number of hydrogen-bond acceptors (Lipinski definition) is 4. The Balaban J connectivity index is 0.000000227. The maximum Gasteiger partial charge on any atom is 1.00 e. The Morgan fingerprint density at radius 1 is 0.871 bits per heavy atom. The summed E-state index contributed by atoms with van der Waals surface area (Å²) in [5, 5.41) is 5.90. The predicted octanol–water partition coefficient (Wildman–Crippen LogP) is 3.34. The second-order valence-electron chi connectivity index (χ2n) is 7.94. The number of nitrogens with zero attached hydrogens (tertiary/aromatic N) is 2. The molecule has 3 nitrogen and oxygen atoms in total. The molecular formula is C24H29AuN3P2S+. The van der Waals surface area contributed by atoms with Crippen molar-refractivity contribution in [1.29, 1.82) is 0 Å². The molecule has 0 atom stereocenters. The smallest absolute Gasteiger partial charge is 0.260 e. The molecule has 166 valence electrons. The zero-order valence-corrected chi connectivity index (χ0v) is 22.8. The maximum absolute atomic E-state index is 6.24. The molecule has 3 saturated heterocycles. The quantitative estimate of drug-likeness (QED) is 0.267. The number of aryl methyl sites for hydroxylation is 1. The molecule has 3 fully saturated rings. The van der Waals surface area contributed by atoms with Crippen molar-refractivity contribution in [3.05, 3.63) is 90.5 Å². The Labute approximate surface area is 208 Å². The van der Waals surface area contributed by atoms with E-state index < -0.39 is 6.04 Å². The molecule has 0 unspecified atom stereocenters. The van der Waals surface area contributed by atoms with Crippen LogP contribution in [0.15, 0.2) is 78.9 Å². The molecule has 0 saturated carbocycles. The second-order valence-corrected chi connectivity index (χ2v) is 14.8. The van der Waals surface area contributed by atoms with Gasteiger partial charge in [-0.15, -0.1) is 5.30 Å². The molecule has 1 N–H and O–H groups in total. The molecule has 7 heteroatoms. The molecule has 0 amide bonds. The molecule has 0 aromatic heterocycles. The van der Waals surface area contributed by atoms with Crippen LogP contribution in [0, 0.1) is 13.0 Å². The third-order valence-electron chi connectivity index (χ3n) is 5.39. The summed E-state index contributed by atoms with van der Waals surface area (Å²) in [5.41, 5.74) is 4.48. The van der Waals surface area contributed by atoms with E-state index in [0.29, 0.717) is 0 Å². The Bertz CT molecular complexity index is 970. The van der Waals surface area contributed by atoms with Gasteiger partial charge in [-0.05, 0) is 17.7 Å². The summed E-state index contributed by atoms with van der Waals surface area (Å²) in [4.78, 5) is 2.38. The Morgan fingerprint density at radius 3 is 2.00 bits per heavy atom. The molecule has 31 heavy (non-hydrogen) atoms. The molecule has 6 rings (SSSR count). The van der Waals surface area contributed by atoms with Gasteiger partial charge >= 0.3 is 22.4 Å². The van der Waals surface area contributed by atoms with E-state index in [2.05, 4.69) is 102 Å². The van der Waals surface area contributed by atoms with Crippen molar-refractivity contribution < 1.29 is 22.4 Å². The van der Waals surface area contributed by atoms with Gasteiger partial charge in [-0.25, -0.2) is 5.43 Å². The van der Waals surface area contributed by atoms with Crippen LogP contribution in [-0.4, -0.2) is 42.5 Å². The van der Waals surface area contributed by atoms with Gasteiger partial charge in [-0.3, -0.25) is 4.90 Å². The van der Waals surface area contributed by atoms with Gasteiger partial charge in [-0.2, -0.15) is 34.8 Å². The van der Waals surface area contributed by atoms with Crippen molar-refractivity contribution in [1.82, 2.24) is 15.3 Å². The predicted molar refractivity (Wildman–Crippen MR) is 137 cm³/mol. The third-order valence-corrected chi connectivity index (χ3v) is 12.9. The summed E-state index contributed by atoms with van der Waals surface area (Å²) < 4.78 is 0. The SMILES string of the molecule is CN1CNN2C[PH+](C1)C2.Cc1[c-]c(P(=S)(c2ccccc2)c2ccccc2)ccc1.[Au+]. The van der Waals surface area contributed by atoms with Crippen molar-refractivity contribution >= 4 is 41.7 Å². The van der Waals surface area contributed by atoms with Crippen molar-refractivity contribution in [3.63, 3.8) is 0 Å². The van der Waals surface area contributed by atoms with Gasteiger partial charge in [0.15, 0.2) is 0 Å². The van der Waals surface area contributed by atoms with Crippen molar-refractivity contribution in [2.75, 3.05) is 32.6 Å². The number of benzene rings is 3. The zero-order valence-electron chi connectivity index (χ0n) is 17.9. The fourth-order valence-electron chi connectivity index (χ4n) is 3.82. The minimum Gasteiger partial charge on any atom is -0.260 e. The van der Waals surface area contributed by atoms with Gasteiger partial charge in [0.05, 0.1) is 6.67 Å². The van der Waals surface area contributed by atoms with Gasteiger partial charge in [0.1, 0.15) is 18.9 Å². The van der Waals surface area contributed by atoms with Gasteiger partial charge in [0, 0.05) is 14.0 Å². The monoisotopic (exact) mass is 650 g/mol. The van der Waals surface area contributed by atoms with Gasteiger partial charge in [0.2, 0.25) is 0 Å². The average molecular weight is 650 g/mol. The number of hydrazine groups is 1. The summed E-state index contributed by atoms with van der Waals surface area (Å²) in [6, 6.07) is 28.6. The maximum atomic E-state index is 6.24. The van der Waals surface area contributed by atoms with Crippen LogP contribution >= 0.6 is 14.0 Å². The largest absolute Gasteiger partial charge is 1.00 e. The first-order chi connectivity index (χ1) is 14.6. The van der Waals surface area contributed by atoms with Crippen LogP contribution in [0.5, 0.6) is 0 Å². The molecule has 3 aliphatic heterocycles. The van der Waals surface area contributed by atoms with Gasteiger partial charge in [-0.1, -0.05) is 79.4 Å². The number of rotatable bonds is 3. The minimum atomic E-state index is -2.03. The van der Waals surface area contributed by atoms with Crippen LogP contribution in [0.4, 0.5) is 0 Å². The summed E-state index contributed by atoms with van der Waals surface area (Å²) in [5.74, 6) is 0. The second kappa shape index (κ2) is 11.5. The molecule has 3 heterocycles. The third kappa shape index (κ3) is 6.03. The first-order valence-corrected chi connectivity index (χ1v) is 15.2. The van der Waals surface area contributed by atoms with E-state index in [-0.39, 0.29) is 30.3 Å². The molecule has 2 bridgehead atoms. The fourth-order valence-corrected chi connectivity index (χ4v) is 9.82. The first-order valence-electron chi connectivity index (χ1n) is 10.3. The van der Waals surface area contributed by atoms with Gasteiger partial charge < -0.3 is 0 Å². The fraction of sp³-hybridized carbons (Fsp3) is 0.250. The van der Waals surface area contributed by atoms with Crippen LogP contribution in [0.3, 0.4) is 0 Å². The molecule has 0 aliphatic carbocycles. The topological polar surface area (TPSA) is 18.5 Å². The molecule has 0 radical (unpaired) electrons. The Morgan fingerprint density at radius 2 is 1.45 bits per heavy atom. The van der Waals surface area contributed by atoms with E-state index in [4.69, 9.17) is 11.8 Å². The van der Waals surface area contributed by atoms with Crippen LogP contribution in [0.2, 0.25) is 0 Å². The Kier molecular flexibility index (Phi) is 9.25. The van der Waals surface area contributed by atoms with E-state index in [1.54, 1.807) is 0 Å². The molecule has 0 spiro atoms. The van der Waals surface area contributed by atoms with Crippen LogP contribution in [0.25, 0.3) is 0 Å². The number of hydrogen-bond donors (Lipinski definition) is 1. The summed E-state index contributed by atoms with van der Waals surface area (Å²) in [6.07, 6.45) is 4.08. The summed E-state index contributed by atoms with van der Waals surface area (Å²) >= 11 is 6.24. The van der Waals surface area contributed by atoms with E-state index in [1.165, 1.54) is 29.5 Å². The zero-order chi connectivity index (χ0) is 21.0. The molecule has 3 aliphatic rings. The van der Waals surface area contributed by atoms with Crippen molar-refractivity contribution in [2.45, 2.75) is 6.92 Å². The summed E-state index contributed by atoms with van der Waals surface area (Å²) in [7, 11) is 2.24. The molecular weight excluding hydrogens is 621 g/mol. The van der Waals surface area contributed by atoms with E-state index >= 15 is 0 Å². The standard InChI is InChI=1S/C19H16PS.C5H12N3P.Au/c1-16-9-8-14-19(15-16)20(21,17-10-4-2-5-11-17)18-12-6-3-7-13-18;1-7-2-6-8-4-9(3-7)5-8;/h2-14H,1H3;6H,2-5H2,1H3;/q-1;;+1/p+1. The summed E-state index contributed by atoms with van der Waals surface area (Å²) in [6.45, 7) is 3.12. The van der Waals surface area contributed by atoms with Gasteiger partial charge in [0.25, 0.3) is 0 Å². The van der Waals surface area contributed by atoms with Crippen molar-refractivity contribution in [2.24, 2.45) is 0 Å². The average Bonchev–Trinajstić information content (AvgIpc) is 3.06. The van der Waals surface area contributed by atoms with E-state index in [0.717, 1.165) is 17.5 Å². The van der Waals surface area contributed by atoms with E-state index in [1.807, 2.05) is 12.1 Å². The normalized spacial score (nSPS) is 20.3. The Hall–Kier alpha value is -0.640. The van der Waals surface area contributed by atoms with Crippen LogP contribution < -0.4 is 21.3 Å². The van der Waals surface area contributed by atoms with Crippen LogP contribution in [-0.2, 0) is 34.2 Å². The van der Waals surface area contributed by atoms with Crippen LogP contribution in [0.1, 0.15) is 5.56 Å². The van der Waals surface area contributed by atoms with E-state index in [9.17, 15) is 0 Å². The van der Waals surface area contributed by atoms with Crippen molar-refractivity contribution in [3.8, 4) is 0 Å². The first kappa shape index (κ1) is 25.0. The molecule has 3 aromatic rings. The molecule has 3 aromatic carbocycles. The number of fused-ring (bicyclic) bond motifs is 3. The minimum absolute atomic E-state index is 0.